The first-order valence-corrected chi connectivity index (χ1v) is 8.33. The van der Waals surface area contributed by atoms with E-state index < -0.39 is 23.0 Å². The van der Waals surface area contributed by atoms with Gasteiger partial charge in [-0.15, -0.1) is 12.4 Å². The Morgan fingerprint density at radius 3 is 2.86 bits per heavy atom. The lowest BCUT2D eigenvalue weighted by Gasteiger charge is -2.31. The Labute approximate surface area is 135 Å². The van der Waals surface area contributed by atoms with E-state index >= 15 is 0 Å². The van der Waals surface area contributed by atoms with Crippen molar-refractivity contribution in [2.75, 3.05) is 26.7 Å². The van der Waals surface area contributed by atoms with Crippen LogP contribution in [-0.2, 0) is 16.6 Å². The molecule has 1 aromatic rings. The molecule has 10 heteroatoms. The average molecular weight is 359 g/mol. The van der Waals surface area contributed by atoms with Crippen LogP contribution in [0.4, 0.5) is 8.78 Å². The summed E-state index contributed by atoms with van der Waals surface area (Å²) in [5.74, 6) is 0.273. The molecule has 1 aliphatic heterocycles. The van der Waals surface area contributed by atoms with Crippen LogP contribution in [0.5, 0.6) is 0 Å². The van der Waals surface area contributed by atoms with E-state index in [1.54, 1.807) is 0 Å². The third-order valence-electron chi connectivity index (χ3n) is 3.55. The lowest BCUT2D eigenvalue weighted by atomic mass is 10.00. The Hall–Kier alpha value is -0.770. The van der Waals surface area contributed by atoms with Crippen molar-refractivity contribution in [3.05, 3.63) is 12.4 Å². The molecular weight excluding hydrogens is 338 g/mol. The summed E-state index contributed by atoms with van der Waals surface area (Å²) in [6, 6.07) is 0. The Morgan fingerprint density at radius 2 is 2.23 bits per heavy atom. The van der Waals surface area contributed by atoms with E-state index in [0.29, 0.717) is 13.1 Å². The molecule has 0 radical (unpaired) electrons. The highest BCUT2D eigenvalue weighted by molar-refractivity contribution is 7.89. The largest absolute Gasteiger partial charge is 0.319 e. The smallest absolute Gasteiger partial charge is 0.257 e. The van der Waals surface area contributed by atoms with Gasteiger partial charge in [-0.1, -0.05) is 0 Å². The second kappa shape index (κ2) is 8.19. The van der Waals surface area contributed by atoms with Crippen molar-refractivity contribution >= 4 is 22.4 Å². The Balaban J connectivity index is 0.00000242. The van der Waals surface area contributed by atoms with Gasteiger partial charge in [-0.25, -0.2) is 17.2 Å². The van der Waals surface area contributed by atoms with Crippen LogP contribution in [0, 0.1) is 5.92 Å². The van der Waals surface area contributed by atoms with Crippen LogP contribution >= 0.6 is 12.4 Å². The molecule has 0 aromatic carbocycles. The van der Waals surface area contributed by atoms with Crippen LogP contribution in [0.2, 0.25) is 0 Å². The van der Waals surface area contributed by atoms with Crippen LogP contribution in [0.1, 0.15) is 12.8 Å². The van der Waals surface area contributed by atoms with Gasteiger partial charge >= 0.3 is 0 Å². The third-order valence-corrected chi connectivity index (χ3v) is 5.36. The van der Waals surface area contributed by atoms with Crippen molar-refractivity contribution in [1.82, 2.24) is 19.4 Å². The number of piperidine rings is 1. The molecule has 128 valence electrons. The zero-order valence-electron chi connectivity index (χ0n) is 12.3. The fourth-order valence-electron chi connectivity index (χ4n) is 2.57. The minimum atomic E-state index is -3.65. The van der Waals surface area contributed by atoms with E-state index in [1.165, 1.54) is 10.5 Å². The molecule has 0 bridgehead atoms. The standard InChI is InChI=1S/C12H20F2N4O2S.ClH/c1-15-5-10-3-2-4-18(7-10)21(19,20)11-6-16-17(8-11)9-12(13)14;/h6,8,10,12,15H,2-5,7,9H2,1H3;1H. The highest BCUT2D eigenvalue weighted by Gasteiger charge is 2.31. The summed E-state index contributed by atoms with van der Waals surface area (Å²) in [6.45, 7) is 1.07. The van der Waals surface area contributed by atoms with E-state index in [2.05, 4.69) is 10.4 Å². The monoisotopic (exact) mass is 358 g/mol. The normalized spacial score (nSPS) is 20.1. The Bertz CT molecular complexity index is 565. The highest BCUT2D eigenvalue weighted by atomic mass is 35.5. The molecule has 1 aromatic heterocycles. The van der Waals surface area contributed by atoms with E-state index in [-0.39, 0.29) is 23.2 Å². The molecule has 1 N–H and O–H groups in total. The predicted octanol–water partition coefficient (Wildman–Crippen LogP) is 1.19. The molecule has 1 atom stereocenters. The van der Waals surface area contributed by atoms with E-state index in [0.717, 1.165) is 30.3 Å². The number of hydrogen-bond donors (Lipinski definition) is 1. The quantitative estimate of drug-likeness (QED) is 0.829. The molecule has 6 nitrogen and oxygen atoms in total. The molecule has 2 rings (SSSR count). The summed E-state index contributed by atoms with van der Waals surface area (Å²) in [4.78, 5) is -0.0201. The SMILES string of the molecule is CNCC1CCCN(S(=O)(=O)c2cnn(CC(F)F)c2)C1.Cl. The highest BCUT2D eigenvalue weighted by Crippen LogP contribution is 2.23. The fourth-order valence-corrected chi connectivity index (χ4v) is 4.08. The van der Waals surface area contributed by atoms with Crippen molar-refractivity contribution in [3.63, 3.8) is 0 Å². The number of nitrogens with one attached hydrogen (secondary N) is 1. The molecule has 22 heavy (non-hydrogen) atoms. The number of hydrogen-bond acceptors (Lipinski definition) is 4. The molecule has 1 saturated heterocycles. The van der Waals surface area contributed by atoms with Crippen molar-refractivity contribution in [3.8, 4) is 0 Å². The van der Waals surface area contributed by atoms with Crippen LogP contribution in [-0.4, -0.2) is 55.6 Å². The lowest BCUT2D eigenvalue weighted by Crippen LogP contribution is -2.42. The summed E-state index contributed by atoms with van der Waals surface area (Å²) in [6.07, 6.45) is 1.53. The minimum Gasteiger partial charge on any atom is -0.319 e. The van der Waals surface area contributed by atoms with Gasteiger partial charge in [-0.05, 0) is 32.4 Å². The maximum atomic E-state index is 12.5. The van der Waals surface area contributed by atoms with E-state index in [9.17, 15) is 17.2 Å². The maximum absolute atomic E-state index is 12.5. The second-order valence-electron chi connectivity index (χ2n) is 5.22. The third kappa shape index (κ3) is 4.61. The number of aromatic nitrogens is 2. The number of alkyl halides is 2. The molecule has 1 unspecified atom stereocenters. The summed E-state index contributed by atoms with van der Waals surface area (Å²) in [5.41, 5.74) is 0. The summed E-state index contributed by atoms with van der Waals surface area (Å²) >= 11 is 0. The molecule has 0 spiro atoms. The van der Waals surface area contributed by atoms with Crippen LogP contribution in [0.15, 0.2) is 17.3 Å². The first kappa shape index (κ1) is 19.3. The molecule has 0 saturated carbocycles. The molecule has 2 heterocycles. The zero-order valence-corrected chi connectivity index (χ0v) is 13.9. The Morgan fingerprint density at radius 1 is 1.50 bits per heavy atom. The summed E-state index contributed by atoms with van der Waals surface area (Å²) in [7, 11) is -1.82. The maximum Gasteiger partial charge on any atom is 0.257 e. The van der Waals surface area contributed by atoms with Gasteiger partial charge in [0.05, 0.1) is 6.20 Å². The number of sulfonamides is 1. The van der Waals surface area contributed by atoms with Crippen molar-refractivity contribution < 1.29 is 17.2 Å². The fraction of sp³-hybridized carbons (Fsp3) is 0.750. The molecular formula is C12H21ClF2N4O2S. The average Bonchev–Trinajstić information content (AvgIpc) is 2.88. The van der Waals surface area contributed by atoms with E-state index in [1.807, 2.05) is 7.05 Å². The first-order valence-electron chi connectivity index (χ1n) is 6.89. The van der Waals surface area contributed by atoms with Gasteiger partial charge in [-0.3, -0.25) is 4.68 Å². The minimum absolute atomic E-state index is 0. The van der Waals surface area contributed by atoms with Crippen LogP contribution in [0.25, 0.3) is 0 Å². The number of halogens is 3. The molecule has 0 aliphatic carbocycles. The number of nitrogens with zero attached hydrogens (tertiary/aromatic N) is 3. The van der Waals surface area contributed by atoms with Gasteiger partial charge < -0.3 is 5.32 Å². The summed E-state index contributed by atoms with van der Waals surface area (Å²) in [5, 5.41) is 6.74. The number of rotatable bonds is 6. The second-order valence-corrected chi connectivity index (χ2v) is 7.16. The van der Waals surface area contributed by atoms with Crippen LogP contribution in [0.3, 0.4) is 0 Å². The van der Waals surface area contributed by atoms with Gasteiger partial charge in [0.15, 0.2) is 0 Å². The van der Waals surface area contributed by atoms with Gasteiger partial charge in [0.25, 0.3) is 6.43 Å². The van der Waals surface area contributed by atoms with Gasteiger partial charge in [-0.2, -0.15) is 9.40 Å². The first-order chi connectivity index (χ1) is 9.93. The molecule has 1 fully saturated rings. The van der Waals surface area contributed by atoms with Gasteiger partial charge in [0.1, 0.15) is 11.4 Å². The molecule has 1 aliphatic rings. The zero-order chi connectivity index (χ0) is 15.5. The van der Waals surface area contributed by atoms with Gasteiger partial charge in [0, 0.05) is 19.3 Å². The van der Waals surface area contributed by atoms with E-state index in [4.69, 9.17) is 0 Å². The summed E-state index contributed by atoms with van der Waals surface area (Å²) < 4.78 is 52.0. The molecule has 0 amide bonds. The Kier molecular flexibility index (Phi) is 7.17. The van der Waals surface area contributed by atoms with Gasteiger partial charge in [0.2, 0.25) is 10.0 Å². The van der Waals surface area contributed by atoms with Crippen LogP contribution < -0.4 is 5.32 Å². The van der Waals surface area contributed by atoms with Crippen molar-refractivity contribution in [2.45, 2.75) is 30.7 Å². The topological polar surface area (TPSA) is 67.2 Å². The van der Waals surface area contributed by atoms with Crippen molar-refractivity contribution in [2.24, 2.45) is 5.92 Å². The lowest BCUT2D eigenvalue weighted by molar-refractivity contribution is 0.121. The predicted molar refractivity (Wildman–Crippen MR) is 80.9 cm³/mol. The van der Waals surface area contributed by atoms with Crippen molar-refractivity contribution in [1.29, 1.82) is 0 Å².